The zero-order valence-corrected chi connectivity index (χ0v) is 9.03. The van der Waals surface area contributed by atoms with Crippen LogP contribution in [0.1, 0.15) is 27.2 Å². The number of carbonyl (C=O) groups is 2. The zero-order chi connectivity index (χ0) is 11.4. The fourth-order valence-corrected chi connectivity index (χ4v) is 1.97. The minimum absolute atomic E-state index is 0.127. The molecule has 0 aromatic heterocycles. The van der Waals surface area contributed by atoms with E-state index >= 15 is 0 Å². The smallest absolute Gasteiger partial charge is 0.408 e. The van der Waals surface area contributed by atoms with E-state index in [0.29, 0.717) is 0 Å². The maximum absolute atomic E-state index is 11.4. The minimum atomic E-state index is -1.01. The molecule has 0 bridgehead atoms. The number of alkyl carbamates (subject to hydrolysis) is 1. The van der Waals surface area contributed by atoms with E-state index in [-0.39, 0.29) is 11.8 Å². The molecule has 84 valence electrons. The van der Waals surface area contributed by atoms with E-state index in [2.05, 4.69) is 5.32 Å². The average Bonchev–Trinajstić information content (AvgIpc) is 2.81. The van der Waals surface area contributed by atoms with Gasteiger partial charge in [-0.25, -0.2) is 9.59 Å². The summed E-state index contributed by atoms with van der Waals surface area (Å²) in [6.45, 7) is 5.23. The molecule has 2 saturated carbocycles. The third-order valence-electron chi connectivity index (χ3n) is 2.91. The standard InChI is InChI=1S/C10H15NO4/c1-9(2,3)15-8(14)11-10(7(12)13)5-4-6(5)10/h5-6H,4H2,1-3H3,(H,11,14)(H,12,13)/t5-,6?,10+/m1/s1. The molecule has 1 unspecified atom stereocenters. The summed E-state index contributed by atoms with van der Waals surface area (Å²) >= 11 is 0. The zero-order valence-electron chi connectivity index (χ0n) is 9.03. The average molecular weight is 213 g/mol. The number of nitrogens with one attached hydrogen (secondary N) is 1. The number of aliphatic carboxylic acids is 1. The van der Waals surface area contributed by atoms with Gasteiger partial charge in [-0.2, -0.15) is 0 Å². The largest absolute Gasteiger partial charge is 0.479 e. The van der Waals surface area contributed by atoms with Gasteiger partial charge < -0.3 is 15.2 Å². The summed E-state index contributed by atoms with van der Waals surface area (Å²) in [6.07, 6.45) is 0.263. The summed E-state index contributed by atoms with van der Waals surface area (Å²) in [5.41, 5.74) is -1.61. The van der Waals surface area contributed by atoms with Crippen molar-refractivity contribution in [2.45, 2.75) is 38.3 Å². The first kappa shape index (κ1) is 10.3. The number of carboxylic acids is 1. The van der Waals surface area contributed by atoms with Crippen molar-refractivity contribution in [3.8, 4) is 0 Å². The minimum Gasteiger partial charge on any atom is -0.479 e. The van der Waals surface area contributed by atoms with Crippen molar-refractivity contribution in [1.82, 2.24) is 5.32 Å². The quantitative estimate of drug-likeness (QED) is 0.717. The fourth-order valence-electron chi connectivity index (χ4n) is 1.97. The Labute approximate surface area is 87.8 Å². The molecule has 15 heavy (non-hydrogen) atoms. The first-order chi connectivity index (χ1) is 6.77. The molecule has 5 nitrogen and oxygen atoms in total. The monoisotopic (exact) mass is 213 g/mol. The van der Waals surface area contributed by atoms with E-state index in [9.17, 15) is 9.59 Å². The molecule has 0 saturated heterocycles. The highest BCUT2D eigenvalue weighted by Gasteiger charge is 2.82. The normalized spacial score (nSPS) is 36.5. The van der Waals surface area contributed by atoms with Crippen molar-refractivity contribution in [3.63, 3.8) is 0 Å². The number of carbonyl (C=O) groups excluding carboxylic acids is 1. The molecule has 2 aliphatic rings. The molecular weight excluding hydrogens is 198 g/mol. The van der Waals surface area contributed by atoms with E-state index in [1.165, 1.54) is 0 Å². The highest BCUT2D eigenvalue weighted by atomic mass is 16.6. The molecule has 3 atom stereocenters. The van der Waals surface area contributed by atoms with Gasteiger partial charge in [-0.3, -0.25) is 0 Å². The van der Waals surface area contributed by atoms with Gasteiger partial charge in [0.1, 0.15) is 11.1 Å². The summed E-state index contributed by atoms with van der Waals surface area (Å²) in [5.74, 6) is -0.695. The summed E-state index contributed by atoms with van der Waals surface area (Å²) in [4.78, 5) is 22.3. The van der Waals surface area contributed by atoms with Gasteiger partial charge in [0.05, 0.1) is 0 Å². The topological polar surface area (TPSA) is 75.6 Å². The Kier molecular flexibility index (Phi) is 1.81. The molecule has 1 amide bonds. The van der Waals surface area contributed by atoms with Crippen molar-refractivity contribution in [3.05, 3.63) is 0 Å². The lowest BCUT2D eigenvalue weighted by molar-refractivity contribution is -0.142. The number of ether oxygens (including phenoxy) is 1. The molecule has 0 aromatic rings. The summed E-state index contributed by atoms with van der Waals surface area (Å²) in [5, 5.41) is 11.4. The van der Waals surface area contributed by atoms with Crippen LogP contribution >= 0.6 is 0 Å². The second-order valence-electron chi connectivity index (χ2n) is 5.25. The molecule has 2 aliphatic carbocycles. The molecule has 2 fully saturated rings. The van der Waals surface area contributed by atoms with Gasteiger partial charge in [0, 0.05) is 0 Å². The van der Waals surface area contributed by atoms with E-state index in [0.717, 1.165) is 6.42 Å². The van der Waals surface area contributed by atoms with Gasteiger partial charge in [0.2, 0.25) is 0 Å². The van der Waals surface area contributed by atoms with Crippen LogP contribution in [-0.2, 0) is 9.53 Å². The molecule has 0 radical (unpaired) electrons. The Hall–Kier alpha value is -1.26. The highest BCUT2D eigenvalue weighted by molar-refractivity contribution is 5.91. The Balaban J connectivity index is 1.92. The van der Waals surface area contributed by atoms with Crippen LogP contribution in [0.3, 0.4) is 0 Å². The van der Waals surface area contributed by atoms with Crippen molar-refractivity contribution < 1.29 is 19.4 Å². The predicted octanol–water partition coefficient (Wildman–Crippen LogP) is 0.984. The number of hydrogen-bond donors (Lipinski definition) is 2. The number of rotatable bonds is 2. The molecule has 0 aromatic carbocycles. The van der Waals surface area contributed by atoms with Crippen LogP contribution in [0.15, 0.2) is 0 Å². The Morgan fingerprint density at radius 2 is 1.93 bits per heavy atom. The second-order valence-corrected chi connectivity index (χ2v) is 5.25. The molecule has 0 aliphatic heterocycles. The lowest BCUT2D eigenvalue weighted by Crippen LogP contribution is -2.50. The molecule has 2 rings (SSSR count). The van der Waals surface area contributed by atoms with E-state index in [4.69, 9.17) is 9.84 Å². The number of carboxylic acid groups (broad SMARTS) is 1. The Morgan fingerprint density at radius 1 is 1.40 bits per heavy atom. The van der Waals surface area contributed by atoms with E-state index < -0.39 is 23.2 Å². The van der Waals surface area contributed by atoms with Gasteiger partial charge in [0.25, 0.3) is 0 Å². The van der Waals surface area contributed by atoms with Crippen LogP contribution in [0, 0.1) is 11.8 Å². The van der Waals surface area contributed by atoms with Gasteiger partial charge in [-0.05, 0) is 39.0 Å². The van der Waals surface area contributed by atoms with Crippen molar-refractivity contribution in [2.75, 3.05) is 0 Å². The maximum Gasteiger partial charge on any atom is 0.408 e. The predicted molar refractivity (Wildman–Crippen MR) is 51.3 cm³/mol. The summed E-state index contributed by atoms with van der Waals surface area (Å²) in [7, 11) is 0. The van der Waals surface area contributed by atoms with Gasteiger partial charge in [0.15, 0.2) is 0 Å². The van der Waals surface area contributed by atoms with Crippen LogP contribution in [0.25, 0.3) is 0 Å². The Bertz CT molecular complexity index is 323. The van der Waals surface area contributed by atoms with Crippen LogP contribution in [-0.4, -0.2) is 28.3 Å². The van der Waals surface area contributed by atoms with E-state index in [1.807, 2.05) is 0 Å². The first-order valence-corrected chi connectivity index (χ1v) is 5.02. The Morgan fingerprint density at radius 3 is 2.20 bits per heavy atom. The number of fused-ring (bicyclic) bond motifs is 1. The second kappa shape index (κ2) is 2.65. The van der Waals surface area contributed by atoms with Crippen molar-refractivity contribution >= 4 is 12.1 Å². The summed E-state index contributed by atoms with van der Waals surface area (Å²) < 4.78 is 5.02. The third kappa shape index (κ3) is 1.56. The third-order valence-corrected chi connectivity index (χ3v) is 2.91. The number of hydrogen-bond acceptors (Lipinski definition) is 3. The lowest BCUT2D eigenvalue weighted by Gasteiger charge is -2.24. The van der Waals surface area contributed by atoms with Gasteiger partial charge in [-0.15, -0.1) is 0 Å². The van der Waals surface area contributed by atoms with Crippen LogP contribution in [0.2, 0.25) is 0 Å². The van der Waals surface area contributed by atoms with Crippen molar-refractivity contribution in [1.29, 1.82) is 0 Å². The fraction of sp³-hybridized carbons (Fsp3) is 0.800. The van der Waals surface area contributed by atoms with Crippen molar-refractivity contribution in [2.24, 2.45) is 11.8 Å². The molecule has 0 heterocycles. The van der Waals surface area contributed by atoms with Crippen LogP contribution in [0.4, 0.5) is 4.79 Å². The molecule has 0 spiro atoms. The SMILES string of the molecule is CC(C)(C)OC(=O)N[C@]1(C(=O)O)C2C[C@H]21. The highest BCUT2D eigenvalue weighted by Crippen LogP contribution is 2.71. The molecular formula is C10H15NO4. The van der Waals surface area contributed by atoms with Gasteiger partial charge >= 0.3 is 12.1 Å². The lowest BCUT2D eigenvalue weighted by atomic mass is 10.1. The molecule has 5 heteroatoms. The van der Waals surface area contributed by atoms with Gasteiger partial charge in [-0.1, -0.05) is 0 Å². The molecule has 2 N–H and O–H groups in total. The summed E-state index contributed by atoms with van der Waals surface area (Å²) in [6, 6.07) is 0. The van der Waals surface area contributed by atoms with Crippen LogP contribution in [0.5, 0.6) is 0 Å². The number of amides is 1. The van der Waals surface area contributed by atoms with E-state index in [1.54, 1.807) is 20.8 Å². The van der Waals surface area contributed by atoms with Crippen LogP contribution < -0.4 is 5.32 Å². The first-order valence-electron chi connectivity index (χ1n) is 5.02. The maximum atomic E-state index is 11.4.